The Hall–Kier alpha value is -0.610. The number of amides is 1. The van der Waals surface area contributed by atoms with Crippen molar-refractivity contribution in [2.24, 2.45) is 0 Å². The number of hydrogen-bond acceptors (Lipinski definition) is 3. The molecule has 3 atom stereocenters. The van der Waals surface area contributed by atoms with E-state index in [1.807, 2.05) is 0 Å². The topological polar surface area (TPSA) is 41.6 Å². The van der Waals surface area contributed by atoms with Crippen LogP contribution in [0.25, 0.3) is 0 Å². The first kappa shape index (κ1) is 12.8. The van der Waals surface area contributed by atoms with Crippen molar-refractivity contribution >= 4 is 5.91 Å². The van der Waals surface area contributed by atoms with Crippen molar-refractivity contribution in [3.63, 3.8) is 0 Å². The normalized spacial score (nSPS) is 34.0. The van der Waals surface area contributed by atoms with Crippen LogP contribution in [0.2, 0.25) is 0 Å². The van der Waals surface area contributed by atoms with Gasteiger partial charge in [0.25, 0.3) is 0 Å². The molecule has 2 rings (SSSR count). The van der Waals surface area contributed by atoms with Crippen molar-refractivity contribution in [2.75, 3.05) is 19.7 Å². The highest BCUT2D eigenvalue weighted by molar-refractivity contribution is 5.77. The van der Waals surface area contributed by atoms with Crippen LogP contribution in [0.1, 0.15) is 39.5 Å². The van der Waals surface area contributed by atoms with Crippen molar-refractivity contribution in [1.29, 1.82) is 0 Å². The molecule has 2 aliphatic rings. The molecular formula is C13H24N2O2. The molecule has 0 aromatic heterocycles. The van der Waals surface area contributed by atoms with Crippen LogP contribution in [0.5, 0.6) is 0 Å². The van der Waals surface area contributed by atoms with E-state index in [4.69, 9.17) is 4.74 Å². The summed E-state index contributed by atoms with van der Waals surface area (Å²) >= 11 is 0. The highest BCUT2D eigenvalue weighted by Gasteiger charge is 2.34. The van der Waals surface area contributed by atoms with Crippen LogP contribution in [0.3, 0.4) is 0 Å². The summed E-state index contributed by atoms with van der Waals surface area (Å²) in [4.78, 5) is 14.4. The lowest BCUT2D eigenvalue weighted by molar-refractivity contribution is -0.137. The van der Waals surface area contributed by atoms with Gasteiger partial charge in [-0.3, -0.25) is 4.79 Å². The predicted molar refractivity (Wildman–Crippen MR) is 66.8 cm³/mol. The molecule has 0 saturated carbocycles. The van der Waals surface area contributed by atoms with Crippen molar-refractivity contribution in [3.05, 3.63) is 0 Å². The molecule has 3 unspecified atom stereocenters. The first-order chi connectivity index (χ1) is 8.22. The van der Waals surface area contributed by atoms with Crippen LogP contribution in [0, 0.1) is 0 Å². The molecule has 0 aliphatic carbocycles. The summed E-state index contributed by atoms with van der Waals surface area (Å²) in [5.41, 5.74) is 0. The Balaban J connectivity index is 1.89. The van der Waals surface area contributed by atoms with Crippen LogP contribution in [-0.2, 0) is 9.53 Å². The number of nitrogens with zero attached hydrogens (tertiary/aromatic N) is 1. The van der Waals surface area contributed by atoms with E-state index < -0.39 is 0 Å². The van der Waals surface area contributed by atoms with Crippen molar-refractivity contribution < 1.29 is 9.53 Å². The molecule has 4 nitrogen and oxygen atoms in total. The third-order valence-electron chi connectivity index (χ3n) is 3.95. The van der Waals surface area contributed by atoms with Gasteiger partial charge in [0.2, 0.25) is 5.91 Å². The van der Waals surface area contributed by atoms with E-state index in [-0.39, 0.29) is 12.0 Å². The summed E-state index contributed by atoms with van der Waals surface area (Å²) in [7, 11) is 0. The third-order valence-corrected chi connectivity index (χ3v) is 3.95. The summed E-state index contributed by atoms with van der Waals surface area (Å²) in [5.74, 6) is 0.274. The van der Waals surface area contributed by atoms with E-state index in [0.717, 1.165) is 39.0 Å². The lowest BCUT2D eigenvalue weighted by Crippen LogP contribution is -2.45. The Morgan fingerprint density at radius 3 is 2.94 bits per heavy atom. The second kappa shape index (κ2) is 5.83. The maximum absolute atomic E-state index is 12.3. The number of carbonyl (C=O) groups is 1. The zero-order chi connectivity index (χ0) is 12.3. The van der Waals surface area contributed by atoms with E-state index >= 15 is 0 Å². The minimum absolute atomic E-state index is 0.0709. The first-order valence-corrected chi connectivity index (χ1v) is 6.85. The SMILES string of the molecule is CCC1CCC(C)N1C(=O)CC1CNCCO1. The number of ether oxygens (including phenoxy) is 1. The van der Waals surface area contributed by atoms with Gasteiger partial charge in [-0.1, -0.05) is 6.92 Å². The van der Waals surface area contributed by atoms with Crippen molar-refractivity contribution in [3.8, 4) is 0 Å². The highest BCUT2D eigenvalue weighted by atomic mass is 16.5. The Labute approximate surface area is 104 Å². The van der Waals surface area contributed by atoms with Gasteiger partial charge in [0, 0.05) is 25.2 Å². The van der Waals surface area contributed by atoms with Crippen LogP contribution in [-0.4, -0.2) is 48.7 Å². The average molecular weight is 240 g/mol. The molecule has 0 spiro atoms. The lowest BCUT2D eigenvalue weighted by Gasteiger charge is -2.31. The zero-order valence-corrected chi connectivity index (χ0v) is 10.9. The molecule has 4 heteroatoms. The molecule has 98 valence electrons. The number of carbonyl (C=O) groups excluding carboxylic acids is 1. The minimum atomic E-state index is 0.0709. The van der Waals surface area contributed by atoms with Crippen LogP contribution in [0.15, 0.2) is 0 Å². The maximum atomic E-state index is 12.3. The number of morpholine rings is 1. The fourth-order valence-electron chi connectivity index (χ4n) is 2.97. The molecule has 2 heterocycles. The van der Waals surface area contributed by atoms with E-state index in [2.05, 4.69) is 24.1 Å². The molecule has 1 amide bonds. The maximum Gasteiger partial charge on any atom is 0.225 e. The molecule has 0 aromatic carbocycles. The van der Waals surface area contributed by atoms with E-state index in [9.17, 15) is 4.79 Å². The smallest absolute Gasteiger partial charge is 0.225 e. The standard InChI is InChI=1S/C13H24N2O2/c1-3-11-5-4-10(2)15(11)13(16)8-12-9-14-6-7-17-12/h10-12,14H,3-9H2,1-2H3. The Morgan fingerprint density at radius 2 is 2.29 bits per heavy atom. The number of rotatable bonds is 3. The summed E-state index contributed by atoms with van der Waals surface area (Å²) in [5, 5.41) is 3.27. The second-order valence-corrected chi connectivity index (χ2v) is 5.19. The first-order valence-electron chi connectivity index (χ1n) is 6.85. The fraction of sp³-hybridized carbons (Fsp3) is 0.923. The van der Waals surface area contributed by atoms with Gasteiger partial charge >= 0.3 is 0 Å². The molecule has 0 aromatic rings. The van der Waals surface area contributed by atoms with Crippen molar-refractivity contribution in [1.82, 2.24) is 10.2 Å². The van der Waals surface area contributed by atoms with Gasteiger partial charge in [-0.05, 0) is 26.2 Å². The Bertz CT molecular complexity index is 264. The van der Waals surface area contributed by atoms with Crippen molar-refractivity contribution in [2.45, 2.75) is 57.7 Å². The third kappa shape index (κ3) is 2.99. The van der Waals surface area contributed by atoms with Gasteiger partial charge in [-0.2, -0.15) is 0 Å². The van der Waals surface area contributed by atoms with Gasteiger partial charge < -0.3 is 15.0 Å². The van der Waals surface area contributed by atoms with Gasteiger partial charge in [-0.25, -0.2) is 0 Å². The highest BCUT2D eigenvalue weighted by Crippen LogP contribution is 2.27. The summed E-state index contributed by atoms with van der Waals surface area (Å²) in [6.07, 6.45) is 3.98. The summed E-state index contributed by atoms with van der Waals surface area (Å²) in [6.45, 7) is 6.77. The fourth-order valence-corrected chi connectivity index (χ4v) is 2.97. The van der Waals surface area contributed by atoms with Crippen LogP contribution < -0.4 is 5.32 Å². The summed E-state index contributed by atoms with van der Waals surface area (Å²) in [6, 6.07) is 0.859. The lowest BCUT2D eigenvalue weighted by atomic mass is 10.1. The number of hydrogen-bond donors (Lipinski definition) is 1. The Morgan fingerprint density at radius 1 is 1.47 bits per heavy atom. The molecular weight excluding hydrogens is 216 g/mol. The molecule has 1 N–H and O–H groups in total. The quantitative estimate of drug-likeness (QED) is 0.804. The predicted octanol–water partition coefficient (Wildman–Crippen LogP) is 1.15. The molecule has 0 bridgehead atoms. The largest absolute Gasteiger partial charge is 0.375 e. The molecule has 2 aliphatic heterocycles. The summed E-state index contributed by atoms with van der Waals surface area (Å²) < 4.78 is 5.60. The van der Waals surface area contributed by atoms with Gasteiger partial charge in [-0.15, -0.1) is 0 Å². The minimum Gasteiger partial charge on any atom is -0.375 e. The van der Waals surface area contributed by atoms with E-state index in [1.54, 1.807) is 0 Å². The number of likely N-dealkylation sites (tertiary alicyclic amines) is 1. The van der Waals surface area contributed by atoms with Gasteiger partial charge in [0.05, 0.1) is 19.1 Å². The van der Waals surface area contributed by atoms with Crippen LogP contribution >= 0.6 is 0 Å². The molecule has 0 radical (unpaired) electrons. The Kier molecular flexibility index (Phi) is 4.40. The monoisotopic (exact) mass is 240 g/mol. The van der Waals surface area contributed by atoms with E-state index in [0.29, 0.717) is 18.5 Å². The number of nitrogens with one attached hydrogen (secondary N) is 1. The zero-order valence-electron chi connectivity index (χ0n) is 10.9. The second-order valence-electron chi connectivity index (χ2n) is 5.19. The van der Waals surface area contributed by atoms with Crippen LogP contribution in [0.4, 0.5) is 0 Å². The van der Waals surface area contributed by atoms with Gasteiger partial charge in [0.1, 0.15) is 0 Å². The molecule has 2 fully saturated rings. The van der Waals surface area contributed by atoms with Gasteiger partial charge in [0.15, 0.2) is 0 Å². The average Bonchev–Trinajstić information content (AvgIpc) is 2.71. The molecule has 2 saturated heterocycles. The molecule has 17 heavy (non-hydrogen) atoms. The van der Waals surface area contributed by atoms with E-state index in [1.165, 1.54) is 0 Å².